The number of nitrogens with two attached hydrogens (primary N) is 1. The maximum absolute atomic E-state index is 5.57. The molecule has 0 heterocycles. The molecule has 3 N–H and O–H groups in total. The van der Waals surface area contributed by atoms with Crippen molar-refractivity contribution in [1.29, 1.82) is 0 Å². The Balaban J connectivity index is 1.93. The second-order valence-corrected chi connectivity index (χ2v) is 6.02. The molecule has 2 heteroatoms. The minimum absolute atomic E-state index is 0.862. The first-order valence-electron chi connectivity index (χ1n) is 8.30. The molecule has 1 unspecified atom stereocenters. The number of nitrogens with one attached hydrogen (secondary N) is 1. The molecule has 1 fully saturated rings. The van der Waals surface area contributed by atoms with E-state index < -0.39 is 0 Å². The van der Waals surface area contributed by atoms with Crippen molar-refractivity contribution in [2.24, 2.45) is 11.7 Å². The molecule has 18 heavy (non-hydrogen) atoms. The summed E-state index contributed by atoms with van der Waals surface area (Å²) in [5.41, 5.74) is 5.57. The molecule has 2 nitrogen and oxygen atoms in total. The first kappa shape index (κ1) is 16.0. The van der Waals surface area contributed by atoms with Crippen LogP contribution in [0.4, 0.5) is 0 Å². The van der Waals surface area contributed by atoms with E-state index in [1.54, 1.807) is 0 Å². The SMILES string of the molecule is CCCC(CCCCN)CCCCNC1CCC1. The smallest absolute Gasteiger partial charge is 0.00670 e. The zero-order valence-electron chi connectivity index (χ0n) is 12.4. The lowest BCUT2D eigenvalue weighted by Crippen LogP contribution is -2.35. The van der Waals surface area contributed by atoms with Gasteiger partial charge in [-0.05, 0) is 44.7 Å². The summed E-state index contributed by atoms with van der Waals surface area (Å²) >= 11 is 0. The van der Waals surface area contributed by atoms with Gasteiger partial charge >= 0.3 is 0 Å². The van der Waals surface area contributed by atoms with E-state index in [0.717, 1.165) is 18.5 Å². The molecule has 1 aliphatic rings. The zero-order chi connectivity index (χ0) is 13.1. The molecule has 108 valence electrons. The van der Waals surface area contributed by atoms with Crippen molar-refractivity contribution in [3.8, 4) is 0 Å². The van der Waals surface area contributed by atoms with Crippen LogP contribution in [0.25, 0.3) is 0 Å². The van der Waals surface area contributed by atoms with Gasteiger partial charge in [-0.3, -0.25) is 0 Å². The highest BCUT2D eigenvalue weighted by Gasteiger charge is 2.15. The lowest BCUT2D eigenvalue weighted by atomic mass is 9.91. The summed E-state index contributed by atoms with van der Waals surface area (Å²) in [5.74, 6) is 0.963. The number of rotatable bonds is 12. The normalized spacial score (nSPS) is 17.7. The van der Waals surface area contributed by atoms with Gasteiger partial charge in [-0.1, -0.05) is 51.9 Å². The van der Waals surface area contributed by atoms with Crippen LogP contribution in [0.3, 0.4) is 0 Å². The van der Waals surface area contributed by atoms with E-state index in [-0.39, 0.29) is 0 Å². The summed E-state index contributed by atoms with van der Waals surface area (Å²) in [5, 5.41) is 3.66. The third kappa shape index (κ3) is 7.38. The van der Waals surface area contributed by atoms with Crippen LogP contribution in [0.15, 0.2) is 0 Å². The van der Waals surface area contributed by atoms with E-state index >= 15 is 0 Å². The third-order valence-corrected chi connectivity index (χ3v) is 4.34. The minimum atomic E-state index is 0.862. The van der Waals surface area contributed by atoms with Crippen LogP contribution in [-0.2, 0) is 0 Å². The van der Waals surface area contributed by atoms with Crippen LogP contribution in [0, 0.1) is 5.92 Å². The van der Waals surface area contributed by atoms with Gasteiger partial charge in [0.05, 0.1) is 0 Å². The Morgan fingerprint density at radius 2 is 1.78 bits per heavy atom. The quantitative estimate of drug-likeness (QED) is 0.519. The lowest BCUT2D eigenvalue weighted by Gasteiger charge is -2.26. The highest BCUT2D eigenvalue weighted by Crippen LogP contribution is 2.21. The Morgan fingerprint density at radius 1 is 1.06 bits per heavy atom. The highest BCUT2D eigenvalue weighted by atomic mass is 14.9. The van der Waals surface area contributed by atoms with Gasteiger partial charge < -0.3 is 11.1 Å². The third-order valence-electron chi connectivity index (χ3n) is 4.34. The van der Waals surface area contributed by atoms with Crippen molar-refractivity contribution in [2.75, 3.05) is 13.1 Å². The van der Waals surface area contributed by atoms with Gasteiger partial charge in [0, 0.05) is 6.04 Å². The molecule has 1 atom stereocenters. The number of hydrogen-bond acceptors (Lipinski definition) is 2. The van der Waals surface area contributed by atoms with Gasteiger partial charge in [0.25, 0.3) is 0 Å². The van der Waals surface area contributed by atoms with Crippen molar-refractivity contribution in [2.45, 2.75) is 83.6 Å². The van der Waals surface area contributed by atoms with Crippen LogP contribution < -0.4 is 11.1 Å². The molecule has 0 aromatic heterocycles. The molecule has 0 radical (unpaired) electrons. The molecule has 1 aliphatic carbocycles. The maximum Gasteiger partial charge on any atom is 0.00670 e. The van der Waals surface area contributed by atoms with E-state index in [1.807, 2.05) is 0 Å². The van der Waals surface area contributed by atoms with Gasteiger partial charge in [0.15, 0.2) is 0 Å². The monoisotopic (exact) mass is 254 g/mol. The van der Waals surface area contributed by atoms with Crippen molar-refractivity contribution in [1.82, 2.24) is 5.32 Å². The van der Waals surface area contributed by atoms with Gasteiger partial charge in [-0.2, -0.15) is 0 Å². The zero-order valence-corrected chi connectivity index (χ0v) is 12.4. The van der Waals surface area contributed by atoms with Gasteiger partial charge in [0.2, 0.25) is 0 Å². The molecule has 0 spiro atoms. The van der Waals surface area contributed by atoms with E-state index in [2.05, 4.69) is 12.2 Å². The predicted octanol–water partition coefficient (Wildman–Crippen LogP) is 3.84. The molecule has 0 aromatic rings. The molecular weight excluding hydrogens is 220 g/mol. The summed E-state index contributed by atoms with van der Waals surface area (Å²) in [6, 6.07) is 0.862. The average Bonchev–Trinajstić information content (AvgIpc) is 2.31. The summed E-state index contributed by atoms with van der Waals surface area (Å²) < 4.78 is 0. The fourth-order valence-corrected chi connectivity index (χ4v) is 2.90. The second-order valence-electron chi connectivity index (χ2n) is 6.02. The molecule has 1 rings (SSSR count). The van der Waals surface area contributed by atoms with Gasteiger partial charge in [-0.25, -0.2) is 0 Å². The van der Waals surface area contributed by atoms with Crippen LogP contribution in [0.1, 0.15) is 77.6 Å². The largest absolute Gasteiger partial charge is 0.330 e. The van der Waals surface area contributed by atoms with Crippen molar-refractivity contribution >= 4 is 0 Å². The lowest BCUT2D eigenvalue weighted by molar-refractivity contribution is 0.330. The fourth-order valence-electron chi connectivity index (χ4n) is 2.90. The molecule has 1 saturated carbocycles. The second kappa shape index (κ2) is 10.8. The predicted molar refractivity (Wildman–Crippen MR) is 80.8 cm³/mol. The van der Waals surface area contributed by atoms with Crippen molar-refractivity contribution < 1.29 is 0 Å². The Kier molecular flexibility index (Phi) is 9.59. The van der Waals surface area contributed by atoms with Crippen molar-refractivity contribution in [3.05, 3.63) is 0 Å². The first-order chi connectivity index (χ1) is 8.86. The summed E-state index contributed by atoms with van der Waals surface area (Å²) in [7, 11) is 0. The molecule has 0 bridgehead atoms. The Labute approximate surface area is 114 Å². The summed E-state index contributed by atoms with van der Waals surface area (Å²) in [6.45, 7) is 4.42. The molecular formula is C16H34N2. The van der Waals surface area contributed by atoms with E-state index in [9.17, 15) is 0 Å². The van der Waals surface area contributed by atoms with Crippen LogP contribution >= 0.6 is 0 Å². The maximum atomic E-state index is 5.57. The van der Waals surface area contributed by atoms with Gasteiger partial charge in [-0.15, -0.1) is 0 Å². The molecule has 0 amide bonds. The summed E-state index contributed by atoms with van der Waals surface area (Å²) in [4.78, 5) is 0. The van der Waals surface area contributed by atoms with Crippen molar-refractivity contribution in [3.63, 3.8) is 0 Å². The minimum Gasteiger partial charge on any atom is -0.330 e. The first-order valence-corrected chi connectivity index (χ1v) is 8.30. The van der Waals surface area contributed by atoms with Gasteiger partial charge in [0.1, 0.15) is 0 Å². The topological polar surface area (TPSA) is 38.0 Å². The summed E-state index contributed by atoms with van der Waals surface area (Å²) in [6.07, 6.45) is 15.2. The molecule has 0 saturated heterocycles. The van der Waals surface area contributed by atoms with Crippen LogP contribution in [-0.4, -0.2) is 19.1 Å². The fraction of sp³-hybridized carbons (Fsp3) is 1.00. The highest BCUT2D eigenvalue weighted by molar-refractivity contribution is 4.75. The number of hydrogen-bond donors (Lipinski definition) is 2. The van der Waals surface area contributed by atoms with E-state index in [1.165, 1.54) is 77.2 Å². The Bertz CT molecular complexity index is 178. The average molecular weight is 254 g/mol. The van der Waals surface area contributed by atoms with Crippen LogP contribution in [0.2, 0.25) is 0 Å². The Hall–Kier alpha value is -0.0800. The standard InChI is InChI=1S/C16H34N2/c1-2-8-15(9-3-5-13-17)10-4-6-14-18-16-11-7-12-16/h15-16,18H,2-14,17H2,1H3. The molecule has 0 aromatic carbocycles. The Morgan fingerprint density at radius 3 is 2.33 bits per heavy atom. The number of unbranched alkanes of at least 4 members (excludes halogenated alkanes) is 2. The molecule has 0 aliphatic heterocycles. The van der Waals surface area contributed by atoms with Crippen LogP contribution in [0.5, 0.6) is 0 Å². The van der Waals surface area contributed by atoms with E-state index in [4.69, 9.17) is 5.73 Å². The van der Waals surface area contributed by atoms with E-state index in [0.29, 0.717) is 0 Å².